The molecule has 0 fully saturated rings. The summed E-state index contributed by atoms with van der Waals surface area (Å²) in [5.74, 6) is 3.58. The van der Waals surface area contributed by atoms with Crippen LogP contribution in [0.2, 0.25) is 0 Å². The zero-order valence-corrected chi connectivity index (χ0v) is 13.9. The van der Waals surface area contributed by atoms with E-state index < -0.39 is 0 Å². The molecule has 0 spiro atoms. The summed E-state index contributed by atoms with van der Waals surface area (Å²) >= 11 is 0. The Morgan fingerprint density at radius 2 is 1.53 bits per heavy atom. The van der Waals surface area contributed by atoms with Crippen LogP contribution in [0.1, 0.15) is 48.0 Å². The summed E-state index contributed by atoms with van der Waals surface area (Å²) in [6, 6.07) is 0. The first-order valence-corrected chi connectivity index (χ1v) is 5.63. The van der Waals surface area contributed by atoms with Crippen molar-refractivity contribution in [3.8, 4) is 12.3 Å². The molecule has 90 valence electrons. The van der Waals surface area contributed by atoms with Gasteiger partial charge in [-0.25, -0.2) is 0 Å². The zero-order valence-electron chi connectivity index (χ0n) is 10.9. The Kier molecular flexibility index (Phi) is 16.9. The van der Waals surface area contributed by atoms with Gasteiger partial charge in [0.25, 0.3) is 0 Å². The second kappa shape index (κ2) is 12.3. The van der Waals surface area contributed by atoms with Gasteiger partial charge in [-0.3, -0.25) is 0 Å². The summed E-state index contributed by atoms with van der Waals surface area (Å²) < 4.78 is 0. The summed E-state index contributed by atoms with van der Waals surface area (Å²) in [5, 5.41) is 9.67. The van der Waals surface area contributed by atoms with Gasteiger partial charge in [0, 0.05) is 27.0 Å². The molecule has 0 aliphatic rings. The van der Waals surface area contributed by atoms with E-state index in [-0.39, 0.29) is 33.1 Å². The molecule has 0 aliphatic heterocycles. The molecule has 0 aromatic carbocycles. The van der Waals surface area contributed by atoms with Gasteiger partial charge >= 0.3 is 0 Å². The third kappa shape index (κ3) is 10.5. The molecule has 0 aliphatic carbocycles. The van der Waals surface area contributed by atoms with Crippen LogP contribution in [-0.2, 0) is 21.1 Å². The minimum atomic E-state index is -0.221. The third-order valence-corrected chi connectivity index (χ3v) is 2.28. The van der Waals surface area contributed by atoms with E-state index in [9.17, 15) is 5.11 Å². The van der Waals surface area contributed by atoms with Gasteiger partial charge in [0.15, 0.2) is 0 Å². The first-order valence-electron chi connectivity index (χ1n) is 5.63. The fraction of sp³-hybridized carbons (Fsp3) is 0.846. The van der Waals surface area contributed by atoms with Crippen LogP contribution in [0.15, 0.2) is 0 Å². The monoisotopic (exact) mass is 382 g/mol. The summed E-state index contributed by atoms with van der Waals surface area (Å²) in [6.07, 6.45) is 5.96. The van der Waals surface area contributed by atoms with E-state index in [1.165, 1.54) is 0 Å². The van der Waals surface area contributed by atoms with Crippen molar-refractivity contribution in [2.24, 2.45) is 17.8 Å². The SMILES string of the molecule is C#CC(C)C[C@@H](C)[C@@H](O)C(C)C.CC.[W]. The predicted octanol–water partition coefficient (Wildman–Crippen LogP) is 3.32. The fourth-order valence-corrected chi connectivity index (χ4v) is 1.42. The maximum Gasteiger partial charge on any atom is 0.0589 e. The first kappa shape index (κ1) is 20.6. The second-order valence-corrected chi connectivity index (χ2v) is 4.02. The van der Waals surface area contributed by atoms with Crippen LogP contribution in [-0.4, -0.2) is 11.2 Å². The fourth-order valence-electron chi connectivity index (χ4n) is 1.42. The molecule has 2 heteroatoms. The maximum atomic E-state index is 9.67. The molecule has 0 saturated heterocycles. The van der Waals surface area contributed by atoms with Crippen LogP contribution in [0.5, 0.6) is 0 Å². The van der Waals surface area contributed by atoms with Crippen LogP contribution in [0.4, 0.5) is 0 Å². The normalized spacial score (nSPS) is 15.1. The third-order valence-electron chi connectivity index (χ3n) is 2.28. The van der Waals surface area contributed by atoms with Crippen molar-refractivity contribution in [1.82, 2.24) is 0 Å². The van der Waals surface area contributed by atoms with Crippen molar-refractivity contribution in [3.05, 3.63) is 0 Å². The molecule has 0 aromatic heterocycles. The number of hydrogen-bond donors (Lipinski definition) is 1. The van der Waals surface area contributed by atoms with E-state index in [4.69, 9.17) is 6.42 Å². The van der Waals surface area contributed by atoms with E-state index in [0.29, 0.717) is 11.8 Å². The molecule has 0 heterocycles. The Morgan fingerprint density at radius 1 is 1.13 bits per heavy atom. The molecule has 0 amide bonds. The Hall–Kier alpha value is 0.208. The molecule has 1 unspecified atom stereocenters. The minimum absolute atomic E-state index is 0. The van der Waals surface area contributed by atoms with E-state index in [0.717, 1.165) is 6.42 Å². The van der Waals surface area contributed by atoms with E-state index in [1.54, 1.807) is 0 Å². The number of aliphatic hydroxyl groups is 1. The molecule has 15 heavy (non-hydrogen) atoms. The van der Waals surface area contributed by atoms with Crippen molar-refractivity contribution in [2.45, 2.75) is 54.1 Å². The molecule has 0 aromatic rings. The quantitative estimate of drug-likeness (QED) is 0.740. The number of aliphatic hydroxyl groups excluding tert-OH is 1. The van der Waals surface area contributed by atoms with Crippen molar-refractivity contribution < 1.29 is 26.2 Å². The number of rotatable bonds is 4. The molecular formula is C13H26OW. The summed E-state index contributed by atoms with van der Waals surface area (Å²) in [5.41, 5.74) is 0. The standard InChI is InChI=1S/C11H20O.C2H6.W/c1-6-9(4)7-10(5)11(12)8(2)3;1-2;/h1,8-12H,7H2,2-5H3;1-2H3;/t9?,10-,11+;;/m1../s1. The Morgan fingerprint density at radius 3 is 1.80 bits per heavy atom. The van der Waals surface area contributed by atoms with Crippen LogP contribution in [0.3, 0.4) is 0 Å². The molecule has 0 radical (unpaired) electrons. The average Bonchev–Trinajstić information content (AvgIpc) is 2.19. The van der Waals surface area contributed by atoms with E-state index >= 15 is 0 Å². The van der Waals surface area contributed by atoms with Crippen molar-refractivity contribution in [2.75, 3.05) is 0 Å². The van der Waals surface area contributed by atoms with Gasteiger partial charge in [-0.15, -0.1) is 12.3 Å². The first-order chi connectivity index (χ1) is 6.49. The van der Waals surface area contributed by atoms with Crippen LogP contribution in [0.25, 0.3) is 0 Å². The second-order valence-electron chi connectivity index (χ2n) is 4.02. The van der Waals surface area contributed by atoms with Crippen molar-refractivity contribution in [1.29, 1.82) is 0 Å². The largest absolute Gasteiger partial charge is 0.393 e. The minimum Gasteiger partial charge on any atom is -0.393 e. The van der Waals surface area contributed by atoms with Crippen LogP contribution >= 0.6 is 0 Å². The van der Waals surface area contributed by atoms with Gasteiger partial charge in [-0.2, -0.15) is 0 Å². The van der Waals surface area contributed by atoms with Gasteiger partial charge < -0.3 is 5.11 Å². The van der Waals surface area contributed by atoms with Gasteiger partial charge in [0.05, 0.1) is 6.10 Å². The molecule has 0 rings (SSSR count). The topological polar surface area (TPSA) is 20.2 Å². The maximum absolute atomic E-state index is 9.67. The summed E-state index contributed by atoms with van der Waals surface area (Å²) in [7, 11) is 0. The molecule has 0 bridgehead atoms. The van der Waals surface area contributed by atoms with Crippen LogP contribution in [0, 0.1) is 30.1 Å². The van der Waals surface area contributed by atoms with E-state index in [2.05, 4.69) is 12.8 Å². The van der Waals surface area contributed by atoms with Crippen LogP contribution < -0.4 is 0 Å². The van der Waals surface area contributed by atoms with Crippen molar-refractivity contribution in [3.63, 3.8) is 0 Å². The molecular weight excluding hydrogens is 356 g/mol. The van der Waals surface area contributed by atoms with Gasteiger partial charge in [0.1, 0.15) is 0 Å². The molecule has 1 nitrogen and oxygen atoms in total. The van der Waals surface area contributed by atoms with Gasteiger partial charge in [-0.1, -0.05) is 41.5 Å². The van der Waals surface area contributed by atoms with Gasteiger partial charge in [-0.05, 0) is 18.3 Å². The molecule has 3 atom stereocenters. The molecule has 1 N–H and O–H groups in total. The summed E-state index contributed by atoms with van der Waals surface area (Å²) in [4.78, 5) is 0. The Balaban J connectivity index is -0.000000449. The number of hydrogen-bond acceptors (Lipinski definition) is 1. The zero-order chi connectivity index (χ0) is 11.7. The van der Waals surface area contributed by atoms with E-state index in [1.807, 2.05) is 34.6 Å². The Labute approximate surface area is 110 Å². The Bertz CT molecular complexity index is 160. The number of terminal acetylenes is 1. The van der Waals surface area contributed by atoms with Crippen molar-refractivity contribution >= 4 is 0 Å². The molecule has 0 saturated carbocycles. The summed E-state index contributed by atoms with van der Waals surface area (Å²) in [6.45, 7) is 12.1. The predicted molar refractivity (Wildman–Crippen MR) is 64.0 cm³/mol. The average molecular weight is 382 g/mol. The smallest absolute Gasteiger partial charge is 0.0589 e. The van der Waals surface area contributed by atoms with Gasteiger partial charge in [0.2, 0.25) is 0 Å².